The van der Waals surface area contributed by atoms with Gasteiger partial charge in [0.05, 0.1) is 18.3 Å². The Kier molecular flexibility index (Phi) is 4.49. The zero-order chi connectivity index (χ0) is 18.6. The summed E-state index contributed by atoms with van der Waals surface area (Å²) in [5.41, 5.74) is 3.75. The summed E-state index contributed by atoms with van der Waals surface area (Å²) in [6, 6.07) is 24.4. The number of hydrogen-bond acceptors (Lipinski definition) is 4. The lowest BCUT2D eigenvalue weighted by molar-refractivity contribution is 0.104. The van der Waals surface area contributed by atoms with Crippen molar-refractivity contribution in [1.29, 1.82) is 0 Å². The van der Waals surface area contributed by atoms with Gasteiger partial charge in [0, 0.05) is 17.2 Å². The molecule has 1 heterocycles. The van der Waals surface area contributed by atoms with Crippen LogP contribution in [0.4, 0.5) is 0 Å². The maximum absolute atomic E-state index is 12.9. The van der Waals surface area contributed by atoms with Crippen molar-refractivity contribution in [3.05, 3.63) is 96.1 Å². The normalized spacial score (nSPS) is 11.5. The van der Waals surface area contributed by atoms with Gasteiger partial charge in [-0.15, -0.1) is 5.10 Å². The van der Waals surface area contributed by atoms with Gasteiger partial charge < -0.3 is 4.74 Å². The van der Waals surface area contributed by atoms with Gasteiger partial charge in [0.15, 0.2) is 5.78 Å². The maximum Gasteiger partial charge on any atom is 0.188 e. The molecule has 0 saturated heterocycles. The van der Waals surface area contributed by atoms with Gasteiger partial charge in [-0.3, -0.25) is 4.79 Å². The minimum Gasteiger partial charge on any atom is -0.497 e. The van der Waals surface area contributed by atoms with Gasteiger partial charge in [0.2, 0.25) is 0 Å². The Morgan fingerprint density at radius 2 is 1.59 bits per heavy atom. The third-order valence-electron chi connectivity index (χ3n) is 4.29. The van der Waals surface area contributed by atoms with Crippen LogP contribution >= 0.6 is 0 Å². The van der Waals surface area contributed by atoms with Crippen LogP contribution in [0, 0.1) is 0 Å². The molecule has 5 heteroatoms. The molecule has 0 radical (unpaired) electrons. The molecule has 1 aromatic heterocycles. The van der Waals surface area contributed by atoms with E-state index in [1.807, 2.05) is 54.6 Å². The number of rotatable bonds is 5. The van der Waals surface area contributed by atoms with E-state index in [1.165, 1.54) is 0 Å². The average Bonchev–Trinajstić information content (AvgIpc) is 3.16. The molecule has 0 aliphatic carbocycles. The van der Waals surface area contributed by atoms with Crippen molar-refractivity contribution in [2.75, 3.05) is 7.11 Å². The first-order valence-electron chi connectivity index (χ1n) is 8.52. The van der Waals surface area contributed by atoms with Crippen LogP contribution in [0.15, 0.2) is 84.9 Å². The Balaban J connectivity index is 1.83. The molecule has 5 nitrogen and oxygen atoms in total. The van der Waals surface area contributed by atoms with Crippen LogP contribution in [0.2, 0.25) is 0 Å². The number of carbonyl (C=O) groups is 1. The number of fused-ring (bicyclic) bond motifs is 1. The first-order valence-corrected chi connectivity index (χ1v) is 8.52. The van der Waals surface area contributed by atoms with Gasteiger partial charge in [-0.1, -0.05) is 47.7 Å². The first-order chi connectivity index (χ1) is 13.3. The fourth-order valence-corrected chi connectivity index (χ4v) is 2.89. The van der Waals surface area contributed by atoms with E-state index in [9.17, 15) is 4.79 Å². The highest BCUT2D eigenvalue weighted by molar-refractivity contribution is 6.09. The monoisotopic (exact) mass is 355 g/mol. The van der Waals surface area contributed by atoms with Gasteiger partial charge in [-0.05, 0) is 36.4 Å². The average molecular weight is 355 g/mol. The van der Waals surface area contributed by atoms with Crippen LogP contribution in [0.25, 0.3) is 16.7 Å². The number of methoxy groups -OCH3 is 1. The zero-order valence-electron chi connectivity index (χ0n) is 14.7. The summed E-state index contributed by atoms with van der Waals surface area (Å²) in [6.07, 6.45) is 1.60. The molecular weight excluding hydrogens is 338 g/mol. The minimum absolute atomic E-state index is 0.115. The van der Waals surface area contributed by atoms with Crippen molar-refractivity contribution < 1.29 is 9.53 Å². The summed E-state index contributed by atoms with van der Waals surface area (Å²) in [7, 11) is 1.60. The van der Waals surface area contributed by atoms with Crippen molar-refractivity contribution in [2.45, 2.75) is 0 Å². The Labute approximate surface area is 156 Å². The van der Waals surface area contributed by atoms with E-state index in [2.05, 4.69) is 10.3 Å². The molecule has 0 bridgehead atoms. The number of aromatic nitrogens is 3. The summed E-state index contributed by atoms with van der Waals surface area (Å²) in [5.74, 6) is 0.595. The third kappa shape index (κ3) is 3.35. The highest BCUT2D eigenvalue weighted by atomic mass is 16.5. The number of para-hydroxylation sites is 1. The SMILES string of the molecule is COc1ccc(C(=O)/C=C(\c2ccccc2)n2nnc3ccccc32)cc1. The van der Waals surface area contributed by atoms with Crippen molar-refractivity contribution in [1.82, 2.24) is 15.0 Å². The summed E-state index contributed by atoms with van der Waals surface area (Å²) >= 11 is 0. The second-order valence-electron chi connectivity index (χ2n) is 5.98. The summed E-state index contributed by atoms with van der Waals surface area (Å²) in [4.78, 5) is 12.9. The van der Waals surface area contributed by atoms with Crippen LogP contribution in [-0.4, -0.2) is 27.9 Å². The number of benzene rings is 3. The van der Waals surface area contributed by atoms with Crippen molar-refractivity contribution in [2.24, 2.45) is 0 Å². The minimum atomic E-state index is -0.115. The van der Waals surface area contributed by atoms with E-state index in [0.717, 1.165) is 16.6 Å². The number of carbonyl (C=O) groups excluding carboxylic acids is 1. The fraction of sp³-hybridized carbons (Fsp3) is 0.0455. The van der Waals surface area contributed by atoms with E-state index in [4.69, 9.17) is 4.74 Å². The number of ether oxygens (including phenoxy) is 1. The molecule has 0 atom stereocenters. The van der Waals surface area contributed by atoms with Crippen LogP contribution in [-0.2, 0) is 0 Å². The summed E-state index contributed by atoms with van der Waals surface area (Å²) in [5, 5.41) is 8.48. The van der Waals surface area contributed by atoms with E-state index < -0.39 is 0 Å². The summed E-state index contributed by atoms with van der Waals surface area (Å²) in [6.45, 7) is 0. The van der Waals surface area contributed by atoms with Gasteiger partial charge in [0.1, 0.15) is 11.3 Å². The molecule has 0 fully saturated rings. The molecule has 132 valence electrons. The van der Waals surface area contributed by atoms with Gasteiger partial charge in [0.25, 0.3) is 0 Å². The van der Waals surface area contributed by atoms with E-state index in [-0.39, 0.29) is 5.78 Å². The molecule has 0 N–H and O–H groups in total. The second-order valence-corrected chi connectivity index (χ2v) is 5.98. The molecule has 3 aromatic carbocycles. The molecule has 0 aliphatic rings. The molecule has 0 aliphatic heterocycles. The van der Waals surface area contributed by atoms with E-state index in [1.54, 1.807) is 42.1 Å². The fourth-order valence-electron chi connectivity index (χ4n) is 2.89. The molecule has 0 amide bonds. The quantitative estimate of drug-likeness (QED) is 0.397. The number of hydrogen-bond donors (Lipinski definition) is 0. The number of allylic oxidation sites excluding steroid dienone is 1. The van der Waals surface area contributed by atoms with E-state index >= 15 is 0 Å². The van der Waals surface area contributed by atoms with Crippen LogP contribution in [0.1, 0.15) is 15.9 Å². The smallest absolute Gasteiger partial charge is 0.188 e. The molecule has 4 rings (SSSR count). The topological polar surface area (TPSA) is 57.0 Å². The molecular formula is C22H17N3O2. The molecule has 4 aromatic rings. The van der Waals surface area contributed by atoms with Gasteiger partial charge in [-0.2, -0.15) is 0 Å². The number of nitrogens with zero attached hydrogens (tertiary/aromatic N) is 3. The van der Waals surface area contributed by atoms with Crippen molar-refractivity contribution >= 4 is 22.5 Å². The zero-order valence-corrected chi connectivity index (χ0v) is 14.7. The molecule has 0 saturated carbocycles. The van der Waals surface area contributed by atoms with Gasteiger partial charge in [-0.25, -0.2) is 4.68 Å². The highest BCUT2D eigenvalue weighted by Crippen LogP contribution is 2.22. The highest BCUT2D eigenvalue weighted by Gasteiger charge is 2.13. The second kappa shape index (κ2) is 7.25. The third-order valence-corrected chi connectivity index (χ3v) is 4.29. The largest absolute Gasteiger partial charge is 0.497 e. The summed E-state index contributed by atoms with van der Waals surface area (Å²) < 4.78 is 6.86. The maximum atomic E-state index is 12.9. The Hall–Kier alpha value is -3.73. The molecule has 27 heavy (non-hydrogen) atoms. The van der Waals surface area contributed by atoms with Crippen LogP contribution in [0.5, 0.6) is 5.75 Å². The predicted molar refractivity (Wildman–Crippen MR) is 105 cm³/mol. The predicted octanol–water partition coefficient (Wildman–Crippen LogP) is 4.21. The standard InChI is InChI=1S/C22H17N3O2/c1-27-18-13-11-17(12-14-18)22(26)15-21(16-7-3-2-4-8-16)25-20-10-6-5-9-19(20)23-24-25/h2-15H,1H3/b21-15+. The number of ketones is 1. The first kappa shape index (κ1) is 16.7. The van der Waals surface area contributed by atoms with E-state index in [0.29, 0.717) is 17.0 Å². The van der Waals surface area contributed by atoms with Crippen LogP contribution < -0.4 is 4.74 Å². The van der Waals surface area contributed by atoms with Gasteiger partial charge >= 0.3 is 0 Å². The molecule has 0 unspecified atom stereocenters. The van der Waals surface area contributed by atoms with Crippen molar-refractivity contribution in [3.63, 3.8) is 0 Å². The lowest BCUT2D eigenvalue weighted by Crippen LogP contribution is -2.05. The van der Waals surface area contributed by atoms with Crippen molar-refractivity contribution in [3.8, 4) is 5.75 Å². The lowest BCUT2D eigenvalue weighted by Gasteiger charge is -2.09. The Morgan fingerprint density at radius 3 is 2.33 bits per heavy atom. The Morgan fingerprint density at radius 1 is 0.889 bits per heavy atom. The van der Waals surface area contributed by atoms with Crippen LogP contribution in [0.3, 0.4) is 0 Å². The molecule has 0 spiro atoms. The Bertz CT molecular complexity index is 1110. The lowest BCUT2D eigenvalue weighted by atomic mass is 10.1.